The van der Waals surface area contributed by atoms with Crippen LogP contribution in [-0.4, -0.2) is 12.7 Å². The summed E-state index contributed by atoms with van der Waals surface area (Å²) >= 11 is 0. The number of rotatable bonds is 7. The normalized spacial score (nSPS) is 11.1. The number of hydrogen-bond donors (Lipinski definition) is 0. The van der Waals surface area contributed by atoms with Gasteiger partial charge < -0.3 is 9.47 Å². The Balaban J connectivity index is 2.84. The van der Waals surface area contributed by atoms with Crippen molar-refractivity contribution in [3.05, 3.63) is 30.7 Å². The first-order valence-electron chi connectivity index (χ1n) is 6.80. The van der Waals surface area contributed by atoms with E-state index in [-0.39, 0.29) is 12.0 Å². The van der Waals surface area contributed by atoms with Gasteiger partial charge in [-0.3, -0.25) is 0 Å². The summed E-state index contributed by atoms with van der Waals surface area (Å²) in [5.74, 6) is 1.98. The van der Waals surface area contributed by atoms with Crippen molar-refractivity contribution in [2.45, 2.75) is 52.6 Å². The van der Waals surface area contributed by atoms with Gasteiger partial charge >= 0.3 is 0 Å². The summed E-state index contributed by atoms with van der Waals surface area (Å²) in [5.41, 5.74) is 1.15. The molecule has 1 atom stereocenters. The molecule has 0 bridgehead atoms. The van der Waals surface area contributed by atoms with E-state index in [9.17, 15) is 0 Å². The fourth-order valence-corrected chi connectivity index (χ4v) is 1.64. The highest BCUT2D eigenvalue weighted by atomic mass is 16.5. The second-order valence-electron chi connectivity index (χ2n) is 5.01. The summed E-state index contributed by atoms with van der Waals surface area (Å²) in [6.07, 6.45) is 2.38. The molecular formula is C16H25O2. The molecule has 0 saturated heterocycles. The van der Waals surface area contributed by atoms with Crippen LogP contribution in [0.25, 0.3) is 0 Å². The van der Waals surface area contributed by atoms with Gasteiger partial charge in [0.2, 0.25) is 0 Å². The molecule has 0 amide bonds. The van der Waals surface area contributed by atoms with Gasteiger partial charge in [0.1, 0.15) is 11.5 Å². The molecule has 0 aliphatic rings. The van der Waals surface area contributed by atoms with Crippen LogP contribution in [0, 0.1) is 6.92 Å². The molecule has 2 nitrogen and oxygen atoms in total. The predicted molar refractivity (Wildman–Crippen MR) is 76.4 cm³/mol. The minimum Gasteiger partial charge on any atom is -0.493 e. The lowest BCUT2D eigenvalue weighted by molar-refractivity contribution is 0.239. The van der Waals surface area contributed by atoms with Crippen LogP contribution in [0.1, 0.15) is 52.0 Å². The lowest BCUT2D eigenvalue weighted by Gasteiger charge is -2.15. The maximum atomic E-state index is 5.75. The molecule has 101 valence electrons. The maximum Gasteiger partial charge on any atom is 0.123 e. The van der Waals surface area contributed by atoms with Crippen LogP contribution in [0.4, 0.5) is 0 Å². The molecule has 18 heavy (non-hydrogen) atoms. The van der Waals surface area contributed by atoms with E-state index in [1.807, 2.05) is 26.0 Å². The Morgan fingerprint density at radius 1 is 1.11 bits per heavy atom. The third-order valence-electron chi connectivity index (χ3n) is 2.61. The number of ether oxygens (including phenoxy) is 2. The van der Waals surface area contributed by atoms with Crippen molar-refractivity contribution >= 4 is 0 Å². The van der Waals surface area contributed by atoms with Crippen molar-refractivity contribution in [2.24, 2.45) is 0 Å². The van der Waals surface area contributed by atoms with Gasteiger partial charge in [-0.25, -0.2) is 0 Å². The van der Waals surface area contributed by atoms with E-state index in [2.05, 4.69) is 26.8 Å². The largest absolute Gasteiger partial charge is 0.493 e. The summed E-state index contributed by atoms with van der Waals surface area (Å²) in [6.45, 7) is 13.1. The molecule has 1 unspecified atom stereocenters. The molecule has 1 radical (unpaired) electrons. The second-order valence-corrected chi connectivity index (χ2v) is 5.01. The Labute approximate surface area is 111 Å². The van der Waals surface area contributed by atoms with Gasteiger partial charge in [0.05, 0.1) is 12.7 Å². The average Bonchev–Trinajstić information content (AvgIpc) is 2.28. The number of unbranched alkanes of at least 4 members (excludes halogenated alkanes) is 1. The molecule has 0 aliphatic carbocycles. The zero-order valence-corrected chi connectivity index (χ0v) is 12.0. The molecule has 0 spiro atoms. The van der Waals surface area contributed by atoms with Crippen LogP contribution in [-0.2, 0) is 0 Å². The van der Waals surface area contributed by atoms with Crippen molar-refractivity contribution in [2.75, 3.05) is 6.61 Å². The van der Waals surface area contributed by atoms with Crippen LogP contribution in [0.5, 0.6) is 11.5 Å². The summed E-state index contributed by atoms with van der Waals surface area (Å²) < 4.78 is 11.5. The van der Waals surface area contributed by atoms with Crippen molar-refractivity contribution < 1.29 is 9.47 Å². The van der Waals surface area contributed by atoms with Crippen LogP contribution in [0.3, 0.4) is 0 Å². The molecule has 1 rings (SSSR count). The van der Waals surface area contributed by atoms with Gasteiger partial charge in [0, 0.05) is 6.07 Å². The maximum absolute atomic E-state index is 5.75. The van der Waals surface area contributed by atoms with Gasteiger partial charge in [0.25, 0.3) is 0 Å². The third kappa shape index (κ3) is 4.99. The molecule has 0 fully saturated rings. The lowest BCUT2D eigenvalue weighted by atomic mass is 10.0. The first-order valence-corrected chi connectivity index (χ1v) is 6.80. The van der Waals surface area contributed by atoms with E-state index in [0.717, 1.165) is 36.5 Å². The summed E-state index contributed by atoms with van der Waals surface area (Å²) in [7, 11) is 0. The topological polar surface area (TPSA) is 18.5 Å². The first-order chi connectivity index (χ1) is 8.52. The van der Waals surface area contributed by atoms with Gasteiger partial charge in [-0.2, -0.15) is 0 Å². The minimum atomic E-state index is 0.170. The minimum absolute atomic E-state index is 0.170. The highest BCUT2D eigenvalue weighted by molar-refractivity contribution is 5.40. The monoisotopic (exact) mass is 249 g/mol. The summed E-state index contributed by atoms with van der Waals surface area (Å²) in [5, 5.41) is 0. The van der Waals surface area contributed by atoms with Crippen LogP contribution < -0.4 is 9.47 Å². The zero-order valence-electron chi connectivity index (χ0n) is 12.0. The van der Waals surface area contributed by atoms with E-state index in [4.69, 9.17) is 9.47 Å². The molecule has 1 aromatic rings. The fourth-order valence-electron chi connectivity index (χ4n) is 1.64. The SMILES string of the molecule is [CH2]C(C)c1cc(OCCCC)cc(OC(C)C)c1. The Kier molecular flexibility index (Phi) is 6.03. The van der Waals surface area contributed by atoms with E-state index in [0.29, 0.717) is 0 Å². The molecule has 2 heteroatoms. The molecule has 0 aromatic heterocycles. The van der Waals surface area contributed by atoms with Gasteiger partial charge in [-0.15, -0.1) is 0 Å². The van der Waals surface area contributed by atoms with E-state index in [1.54, 1.807) is 0 Å². The predicted octanol–water partition coefficient (Wildman–Crippen LogP) is 4.59. The highest BCUT2D eigenvalue weighted by Crippen LogP contribution is 2.28. The standard InChI is InChI=1S/C16H25O2/c1-6-7-8-17-15-9-14(12(2)3)10-16(11-15)18-13(4)5/h9-13H,2,6-8H2,1,3-5H3. The number of hydrogen-bond acceptors (Lipinski definition) is 2. The smallest absolute Gasteiger partial charge is 0.123 e. The van der Waals surface area contributed by atoms with Crippen LogP contribution in [0.15, 0.2) is 18.2 Å². The molecule has 0 aliphatic heterocycles. The third-order valence-corrected chi connectivity index (χ3v) is 2.61. The van der Waals surface area contributed by atoms with E-state index >= 15 is 0 Å². The molecule has 0 saturated carbocycles. The molecule has 1 aromatic carbocycles. The second kappa shape index (κ2) is 7.30. The summed E-state index contributed by atoms with van der Waals surface area (Å²) in [6, 6.07) is 6.06. The molecule has 0 heterocycles. The van der Waals surface area contributed by atoms with Crippen molar-refractivity contribution in [3.63, 3.8) is 0 Å². The van der Waals surface area contributed by atoms with Crippen molar-refractivity contribution in [3.8, 4) is 11.5 Å². The Hall–Kier alpha value is -1.18. The lowest BCUT2D eigenvalue weighted by Crippen LogP contribution is -2.06. The van der Waals surface area contributed by atoms with E-state index in [1.165, 1.54) is 0 Å². The van der Waals surface area contributed by atoms with Gasteiger partial charge in [0.15, 0.2) is 0 Å². The van der Waals surface area contributed by atoms with Crippen LogP contribution in [0.2, 0.25) is 0 Å². The molecular weight excluding hydrogens is 224 g/mol. The van der Waals surface area contributed by atoms with Gasteiger partial charge in [-0.05, 0) is 50.8 Å². The Bertz CT molecular complexity index is 356. The highest BCUT2D eigenvalue weighted by Gasteiger charge is 2.07. The quantitative estimate of drug-likeness (QED) is 0.658. The number of benzene rings is 1. The fraction of sp³-hybridized carbons (Fsp3) is 0.562. The van der Waals surface area contributed by atoms with Crippen molar-refractivity contribution in [1.29, 1.82) is 0 Å². The average molecular weight is 249 g/mol. The molecule has 0 N–H and O–H groups in total. The van der Waals surface area contributed by atoms with Gasteiger partial charge in [-0.1, -0.05) is 20.3 Å². The zero-order chi connectivity index (χ0) is 13.5. The van der Waals surface area contributed by atoms with Crippen molar-refractivity contribution in [1.82, 2.24) is 0 Å². The summed E-state index contributed by atoms with van der Waals surface area (Å²) in [4.78, 5) is 0. The first kappa shape index (κ1) is 14.9. The Morgan fingerprint density at radius 3 is 2.33 bits per heavy atom. The Morgan fingerprint density at radius 2 is 1.78 bits per heavy atom. The van der Waals surface area contributed by atoms with Crippen LogP contribution >= 0.6 is 0 Å². The van der Waals surface area contributed by atoms with E-state index < -0.39 is 0 Å².